The van der Waals surface area contributed by atoms with Crippen LogP contribution in [-0.4, -0.2) is 43.8 Å². The lowest BCUT2D eigenvalue weighted by atomic mass is 10.1. The summed E-state index contributed by atoms with van der Waals surface area (Å²) in [5, 5.41) is 3.60. The Labute approximate surface area is 240 Å². The molecule has 7 nitrogen and oxygen atoms in total. The van der Waals surface area contributed by atoms with Gasteiger partial charge in [-0.1, -0.05) is 72.6 Å². The van der Waals surface area contributed by atoms with Crippen molar-refractivity contribution >= 4 is 50.7 Å². The molecule has 1 N–H and O–H groups in total. The molecule has 0 spiro atoms. The summed E-state index contributed by atoms with van der Waals surface area (Å²) in [7, 11) is -4.13. The van der Waals surface area contributed by atoms with E-state index in [2.05, 4.69) is 5.32 Å². The van der Waals surface area contributed by atoms with Crippen LogP contribution in [0, 0.1) is 0 Å². The molecule has 0 aliphatic rings. The van der Waals surface area contributed by atoms with Crippen molar-refractivity contribution in [2.75, 3.05) is 10.8 Å². The van der Waals surface area contributed by atoms with Gasteiger partial charge >= 0.3 is 0 Å². The maximum atomic E-state index is 14.0. The zero-order valence-electron chi connectivity index (χ0n) is 22.4. The van der Waals surface area contributed by atoms with Crippen LogP contribution in [0.25, 0.3) is 0 Å². The number of halogens is 2. The van der Waals surface area contributed by atoms with Gasteiger partial charge < -0.3 is 10.2 Å². The molecule has 0 aliphatic carbocycles. The lowest BCUT2D eigenvalue weighted by Crippen LogP contribution is -2.52. The molecule has 0 aromatic heterocycles. The van der Waals surface area contributed by atoms with E-state index >= 15 is 0 Å². The predicted molar refractivity (Wildman–Crippen MR) is 157 cm³/mol. The SMILES string of the molecule is CCc1ccccc1N(CC(=O)N(Cc1ccc(Cl)cc1Cl)[C@H](C)C(=O)NC(C)C)S(=O)(=O)c1ccccc1. The first-order valence-corrected chi connectivity index (χ1v) is 14.8. The molecular weight excluding hydrogens is 557 g/mol. The van der Waals surface area contributed by atoms with Gasteiger partial charge in [0.25, 0.3) is 10.0 Å². The van der Waals surface area contributed by atoms with Crippen molar-refractivity contribution in [1.29, 1.82) is 0 Å². The number of benzene rings is 3. The molecule has 0 aliphatic heterocycles. The molecule has 0 saturated heterocycles. The largest absolute Gasteiger partial charge is 0.352 e. The quantitative estimate of drug-likeness (QED) is 0.311. The Hall–Kier alpha value is -3.07. The van der Waals surface area contributed by atoms with Crippen LogP contribution in [0.5, 0.6) is 0 Å². The highest BCUT2D eigenvalue weighted by Crippen LogP contribution is 2.29. The Bertz CT molecular complexity index is 1420. The Morgan fingerprint density at radius 2 is 1.54 bits per heavy atom. The molecule has 39 heavy (non-hydrogen) atoms. The van der Waals surface area contributed by atoms with E-state index in [9.17, 15) is 18.0 Å². The van der Waals surface area contributed by atoms with Crippen molar-refractivity contribution in [3.05, 3.63) is 94.0 Å². The van der Waals surface area contributed by atoms with Crippen molar-refractivity contribution in [3.8, 4) is 0 Å². The van der Waals surface area contributed by atoms with Gasteiger partial charge in [-0.3, -0.25) is 13.9 Å². The number of sulfonamides is 1. The minimum Gasteiger partial charge on any atom is -0.352 e. The first kappa shape index (κ1) is 30.5. The number of para-hydroxylation sites is 1. The number of nitrogens with zero attached hydrogens (tertiary/aromatic N) is 2. The molecule has 0 bridgehead atoms. The van der Waals surface area contributed by atoms with Crippen LogP contribution >= 0.6 is 23.2 Å². The minimum atomic E-state index is -4.13. The van der Waals surface area contributed by atoms with Crippen LogP contribution < -0.4 is 9.62 Å². The summed E-state index contributed by atoms with van der Waals surface area (Å²) in [5.74, 6) is -0.923. The molecule has 0 saturated carbocycles. The van der Waals surface area contributed by atoms with Gasteiger partial charge in [-0.2, -0.15) is 0 Å². The topological polar surface area (TPSA) is 86.8 Å². The molecule has 0 heterocycles. The van der Waals surface area contributed by atoms with E-state index in [0.29, 0.717) is 27.7 Å². The Morgan fingerprint density at radius 3 is 2.15 bits per heavy atom. The first-order chi connectivity index (χ1) is 18.4. The lowest BCUT2D eigenvalue weighted by molar-refractivity contribution is -0.139. The van der Waals surface area contributed by atoms with Gasteiger partial charge in [0.05, 0.1) is 10.6 Å². The highest BCUT2D eigenvalue weighted by Gasteiger charge is 2.33. The Balaban J connectivity index is 2.08. The van der Waals surface area contributed by atoms with Gasteiger partial charge in [0, 0.05) is 22.6 Å². The maximum absolute atomic E-state index is 14.0. The number of anilines is 1. The van der Waals surface area contributed by atoms with Gasteiger partial charge in [0.2, 0.25) is 11.8 Å². The Morgan fingerprint density at radius 1 is 0.897 bits per heavy atom. The first-order valence-electron chi connectivity index (χ1n) is 12.6. The zero-order chi connectivity index (χ0) is 28.7. The molecule has 208 valence electrons. The molecule has 0 radical (unpaired) electrons. The number of nitrogens with one attached hydrogen (secondary N) is 1. The lowest BCUT2D eigenvalue weighted by Gasteiger charge is -2.33. The monoisotopic (exact) mass is 589 g/mol. The second kappa shape index (κ2) is 13.3. The summed E-state index contributed by atoms with van der Waals surface area (Å²) in [4.78, 5) is 28.4. The number of aryl methyl sites for hydroxylation is 1. The number of carbonyl (C=O) groups excluding carboxylic acids is 2. The van der Waals surface area contributed by atoms with Gasteiger partial charge in [-0.25, -0.2) is 8.42 Å². The van der Waals surface area contributed by atoms with Gasteiger partial charge in [0.1, 0.15) is 12.6 Å². The molecule has 3 rings (SSSR count). The van der Waals surface area contributed by atoms with Crippen LogP contribution in [0.3, 0.4) is 0 Å². The highest BCUT2D eigenvalue weighted by molar-refractivity contribution is 7.92. The fourth-order valence-electron chi connectivity index (χ4n) is 4.11. The second-order valence-electron chi connectivity index (χ2n) is 9.40. The van der Waals surface area contributed by atoms with E-state index in [4.69, 9.17) is 23.2 Å². The fourth-order valence-corrected chi connectivity index (χ4v) is 6.05. The van der Waals surface area contributed by atoms with E-state index in [1.54, 1.807) is 55.5 Å². The molecule has 3 aromatic rings. The molecule has 0 unspecified atom stereocenters. The number of rotatable bonds is 11. The van der Waals surface area contributed by atoms with Gasteiger partial charge in [0.15, 0.2) is 0 Å². The highest BCUT2D eigenvalue weighted by atomic mass is 35.5. The molecule has 0 fully saturated rings. The van der Waals surface area contributed by atoms with Crippen LogP contribution in [-0.2, 0) is 32.6 Å². The van der Waals surface area contributed by atoms with Crippen molar-refractivity contribution in [3.63, 3.8) is 0 Å². The van der Waals surface area contributed by atoms with Crippen molar-refractivity contribution < 1.29 is 18.0 Å². The van der Waals surface area contributed by atoms with E-state index < -0.39 is 28.5 Å². The van der Waals surface area contributed by atoms with Crippen molar-refractivity contribution in [2.45, 2.75) is 57.6 Å². The van der Waals surface area contributed by atoms with Crippen molar-refractivity contribution in [1.82, 2.24) is 10.2 Å². The van der Waals surface area contributed by atoms with E-state index in [0.717, 1.165) is 9.87 Å². The normalized spacial score (nSPS) is 12.2. The fraction of sp³-hybridized carbons (Fsp3) is 0.310. The molecule has 1 atom stereocenters. The average molecular weight is 591 g/mol. The number of hydrogen-bond donors (Lipinski definition) is 1. The van der Waals surface area contributed by atoms with Crippen LogP contribution in [0.15, 0.2) is 77.7 Å². The summed E-state index contributed by atoms with van der Waals surface area (Å²) in [6.07, 6.45) is 0.558. The van der Waals surface area contributed by atoms with Crippen LogP contribution in [0.1, 0.15) is 38.8 Å². The smallest absolute Gasteiger partial charge is 0.264 e. The third-order valence-electron chi connectivity index (χ3n) is 6.21. The maximum Gasteiger partial charge on any atom is 0.264 e. The van der Waals surface area contributed by atoms with Crippen LogP contribution in [0.2, 0.25) is 10.0 Å². The summed E-state index contributed by atoms with van der Waals surface area (Å²) in [6.45, 7) is 6.64. The molecular formula is C29H33Cl2N3O4S. The van der Waals surface area contributed by atoms with Crippen LogP contribution in [0.4, 0.5) is 5.69 Å². The number of carbonyl (C=O) groups is 2. The summed E-state index contributed by atoms with van der Waals surface area (Å²) in [5.41, 5.74) is 1.74. The predicted octanol–water partition coefficient (Wildman–Crippen LogP) is 5.69. The standard InChI is InChI=1S/C29H33Cl2N3O4S/c1-5-22-11-9-10-14-27(22)34(39(37,38)25-12-7-6-8-13-25)19-28(35)33(21(4)29(36)32-20(2)3)18-23-15-16-24(30)17-26(23)31/h6-17,20-21H,5,18-19H2,1-4H3,(H,32,36)/t21-/m1/s1. The van der Waals surface area contributed by atoms with E-state index in [1.165, 1.54) is 17.0 Å². The van der Waals surface area contributed by atoms with E-state index in [1.807, 2.05) is 32.9 Å². The molecule has 10 heteroatoms. The molecule has 2 amide bonds. The number of hydrogen-bond acceptors (Lipinski definition) is 4. The summed E-state index contributed by atoms with van der Waals surface area (Å²) < 4.78 is 28.9. The van der Waals surface area contributed by atoms with E-state index in [-0.39, 0.29) is 23.4 Å². The zero-order valence-corrected chi connectivity index (χ0v) is 24.7. The second-order valence-corrected chi connectivity index (χ2v) is 12.1. The summed E-state index contributed by atoms with van der Waals surface area (Å²) in [6, 6.07) is 18.9. The Kier molecular flexibility index (Phi) is 10.4. The third-order valence-corrected chi connectivity index (χ3v) is 8.57. The summed E-state index contributed by atoms with van der Waals surface area (Å²) >= 11 is 12.5. The van der Waals surface area contributed by atoms with Crippen molar-refractivity contribution in [2.24, 2.45) is 0 Å². The number of amides is 2. The van der Waals surface area contributed by atoms with Gasteiger partial charge in [-0.05, 0) is 68.7 Å². The van der Waals surface area contributed by atoms with Gasteiger partial charge in [-0.15, -0.1) is 0 Å². The molecule has 3 aromatic carbocycles. The third kappa shape index (κ3) is 7.53. The average Bonchev–Trinajstić information content (AvgIpc) is 2.90. The minimum absolute atomic E-state index is 0.0177.